The minimum absolute atomic E-state index is 0.201. The van der Waals surface area contributed by atoms with Gasteiger partial charge < -0.3 is 20.1 Å². The van der Waals surface area contributed by atoms with Crippen LogP contribution >= 0.6 is 0 Å². The number of aromatic nitrogens is 1. The summed E-state index contributed by atoms with van der Waals surface area (Å²) in [6.07, 6.45) is 1.63. The molecule has 0 spiro atoms. The van der Waals surface area contributed by atoms with E-state index in [0.29, 0.717) is 18.8 Å². The lowest BCUT2D eigenvalue weighted by Gasteiger charge is -2.09. The van der Waals surface area contributed by atoms with Crippen LogP contribution in [-0.2, 0) is 13.1 Å². The van der Waals surface area contributed by atoms with Crippen LogP contribution in [0, 0.1) is 6.92 Å². The first kappa shape index (κ1) is 17.9. The number of pyridine rings is 1. The third-order valence-corrected chi connectivity index (χ3v) is 4.46. The molecule has 142 valence electrons. The Morgan fingerprint density at radius 1 is 1.00 bits per heavy atom. The largest absolute Gasteiger partial charge is 0.454 e. The van der Waals surface area contributed by atoms with Crippen molar-refractivity contribution in [2.45, 2.75) is 20.0 Å². The average Bonchev–Trinajstić information content (AvgIpc) is 3.19. The summed E-state index contributed by atoms with van der Waals surface area (Å²) in [7, 11) is 0. The zero-order valence-corrected chi connectivity index (χ0v) is 15.6. The van der Waals surface area contributed by atoms with Crippen LogP contribution in [-0.4, -0.2) is 17.7 Å². The molecule has 1 aromatic heterocycles. The van der Waals surface area contributed by atoms with Gasteiger partial charge in [0.25, 0.3) is 5.91 Å². The van der Waals surface area contributed by atoms with Gasteiger partial charge in [0.05, 0.1) is 0 Å². The molecule has 0 unspecified atom stereocenters. The summed E-state index contributed by atoms with van der Waals surface area (Å²) in [5, 5.41) is 6.22. The van der Waals surface area contributed by atoms with Crippen LogP contribution in [0.1, 0.15) is 27.2 Å². The van der Waals surface area contributed by atoms with Crippen molar-refractivity contribution in [1.82, 2.24) is 10.3 Å². The average molecular weight is 375 g/mol. The van der Waals surface area contributed by atoms with E-state index < -0.39 is 0 Å². The van der Waals surface area contributed by atoms with Crippen molar-refractivity contribution >= 4 is 11.6 Å². The van der Waals surface area contributed by atoms with Crippen LogP contribution in [0.5, 0.6) is 11.5 Å². The molecule has 1 aliphatic rings. The number of amides is 1. The molecule has 28 heavy (non-hydrogen) atoms. The molecular weight excluding hydrogens is 354 g/mol. The minimum atomic E-state index is -0.201. The Bertz CT molecular complexity index is 1000. The quantitative estimate of drug-likeness (QED) is 0.688. The maximum absolute atomic E-state index is 12.4. The Labute approximate surface area is 163 Å². The van der Waals surface area contributed by atoms with E-state index in [1.165, 1.54) is 5.56 Å². The fourth-order valence-electron chi connectivity index (χ4n) is 3.01. The number of anilines is 1. The number of aryl methyl sites for hydroxylation is 1. The lowest BCUT2D eigenvalue weighted by Crippen LogP contribution is -2.23. The topological polar surface area (TPSA) is 72.5 Å². The number of nitrogens with one attached hydrogen (secondary N) is 2. The molecule has 4 rings (SSSR count). The third-order valence-electron chi connectivity index (χ3n) is 4.46. The Morgan fingerprint density at radius 3 is 2.75 bits per heavy atom. The standard InChI is InChI=1S/C22H21N3O3/c1-15-3-2-4-16(9-15)13-25-22(26)19-11-18(7-8-23-19)24-12-17-5-6-20-21(10-17)28-14-27-20/h2-11H,12-14H2,1H3,(H,23,24)(H,25,26). The van der Waals surface area contributed by atoms with Crippen molar-refractivity contribution in [2.75, 3.05) is 12.1 Å². The second kappa shape index (κ2) is 8.00. The summed E-state index contributed by atoms with van der Waals surface area (Å²) in [6, 6.07) is 17.5. The lowest BCUT2D eigenvalue weighted by molar-refractivity contribution is 0.0946. The maximum Gasteiger partial charge on any atom is 0.270 e. The Morgan fingerprint density at radius 2 is 1.86 bits per heavy atom. The molecule has 1 aliphatic heterocycles. The number of carbonyl (C=O) groups is 1. The molecule has 0 aliphatic carbocycles. The number of fused-ring (bicyclic) bond motifs is 1. The molecule has 0 radical (unpaired) electrons. The normalized spacial score (nSPS) is 11.9. The summed E-state index contributed by atoms with van der Waals surface area (Å²) >= 11 is 0. The van der Waals surface area contributed by atoms with E-state index in [-0.39, 0.29) is 12.7 Å². The van der Waals surface area contributed by atoms with Crippen LogP contribution in [0.25, 0.3) is 0 Å². The third kappa shape index (κ3) is 4.23. The summed E-state index contributed by atoms with van der Waals surface area (Å²) in [5.74, 6) is 1.32. The Balaban J connectivity index is 1.36. The van der Waals surface area contributed by atoms with Gasteiger partial charge in [-0.1, -0.05) is 35.9 Å². The number of benzene rings is 2. The molecule has 3 aromatic rings. The SMILES string of the molecule is Cc1cccc(CNC(=O)c2cc(NCc3ccc4c(c3)OCO4)ccn2)c1. The van der Waals surface area contributed by atoms with Crippen LogP contribution in [0.15, 0.2) is 60.8 Å². The molecule has 6 heteroatoms. The molecule has 0 saturated carbocycles. The molecule has 0 fully saturated rings. The molecule has 0 atom stereocenters. The molecule has 2 aromatic carbocycles. The first-order valence-corrected chi connectivity index (χ1v) is 9.09. The number of hydrogen-bond acceptors (Lipinski definition) is 5. The highest BCUT2D eigenvalue weighted by Crippen LogP contribution is 2.32. The fourth-order valence-corrected chi connectivity index (χ4v) is 3.01. The maximum atomic E-state index is 12.4. The van der Waals surface area contributed by atoms with Crippen molar-refractivity contribution in [3.05, 3.63) is 83.2 Å². The number of ether oxygens (including phenoxy) is 2. The van der Waals surface area contributed by atoms with Crippen molar-refractivity contribution in [1.29, 1.82) is 0 Å². The zero-order chi connectivity index (χ0) is 19.3. The van der Waals surface area contributed by atoms with Gasteiger partial charge in [0.2, 0.25) is 6.79 Å². The molecule has 1 amide bonds. The van der Waals surface area contributed by atoms with Crippen LogP contribution < -0.4 is 20.1 Å². The number of carbonyl (C=O) groups excluding carboxylic acids is 1. The van der Waals surface area contributed by atoms with Gasteiger partial charge >= 0.3 is 0 Å². The first-order chi connectivity index (χ1) is 13.7. The van der Waals surface area contributed by atoms with Crippen molar-refractivity contribution in [3.63, 3.8) is 0 Å². The molecule has 0 saturated heterocycles. The summed E-state index contributed by atoms with van der Waals surface area (Å²) < 4.78 is 10.7. The van der Waals surface area contributed by atoms with E-state index >= 15 is 0 Å². The molecule has 0 bridgehead atoms. The van der Waals surface area contributed by atoms with Crippen molar-refractivity contribution < 1.29 is 14.3 Å². The second-order valence-corrected chi connectivity index (χ2v) is 6.64. The molecule has 6 nitrogen and oxygen atoms in total. The van der Waals surface area contributed by atoms with Gasteiger partial charge in [-0.3, -0.25) is 9.78 Å². The number of nitrogens with zero attached hydrogens (tertiary/aromatic N) is 1. The van der Waals surface area contributed by atoms with Crippen LogP contribution in [0.3, 0.4) is 0 Å². The van der Waals surface area contributed by atoms with Crippen LogP contribution in [0.4, 0.5) is 5.69 Å². The van der Waals surface area contributed by atoms with Gasteiger partial charge in [-0.25, -0.2) is 0 Å². The Kier molecular flexibility index (Phi) is 5.10. The van der Waals surface area contributed by atoms with Gasteiger partial charge in [-0.05, 0) is 42.3 Å². The van der Waals surface area contributed by atoms with Crippen LogP contribution in [0.2, 0.25) is 0 Å². The minimum Gasteiger partial charge on any atom is -0.454 e. The van der Waals surface area contributed by atoms with Gasteiger partial charge in [0.15, 0.2) is 11.5 Å². The number of rotatable bonds is 6. The Hall–Kier alpha value is -3.54. The number of hydrogen-bond donors (Lipinski definition) is 2. The monoisotopic (exact) mass is 375 g/mol. The lowest BCUT2D eigenvalue weighted by atomic mass is 10.1. The summed E-state index contributed by atoms with van der Waals surface area (Å²) in [4.78, 5) is 16.6. The summed E-state index contributed by atoms with van der Waals surface area (Å²) in [5.41, 5.74) is 4.49. The highest BCUT2D eigenvalue weighted by atomic mass is 16.7. The molecule has 2 N–H and O–H groups in total. The van der Waals surface area contributed by atoms with E-state index in [1.54, 1.807) is 12.3 Å². The summed E-state index contributed by atoms with van der Waals surface area (Å²) in [6.45, 7) is 3.36. The van der Waals surface area contributed by atoms with Crippen molar-refractivity contribution in [3.8, 4) is 11.5 Å². The first-order valence-electron chi connectivity index (χ1n) is 9.09. The zero-order valence-electron chi connectivity index (χ0n) is 15.6. The highest BCUT2D eigenvalue weighted by Gasteiger charge is 2.13. The van der Waals surface area contributed by atoms with Gasteiger partial charge in [-0.2, -0.15) is 0 Å². The highest BCUT2D eigenvalue weighted by molar-refractivity contribution is 5.93. The predicted molar refractivity (Wildman–Crippen MR) is 106 cm³/mol. The van der Waals surface area contributed by atoms with Crippen molar-refractivity contribution in [2.24, 2.45) is 0 Å². The fraction of sp³-hybridized carbons (Fsp3) is 0.182. The predicted octanol–water partition coefficient (Wildman–Crippen LogP) is 3.66. The van der Waals surface area contributed by atoms with E-state index in [2.05, 4.69) is 21.7 Å². The smallest absolute Gasteiger partial charge is 0.270 e. The van der Waals surface area contributed by atoms with Gasteiger partial charge in [0.1, 0.15) is 5.69 Å². The van der Waals surface area contributed by atoms with Gasteiger partial charge in [-0.15, -0.1) is 0 Å². The van der Waals surface area contributed by atoms with E-state index in [9.17, 15) is 4.79 Å². The molecular formula is C22H21N3O3. The van der Waals surface area contributed by atoms with Gasteiger partial charge in [0, 0.05) is 25.0 Å². The second-order valence-electron chi connectivity index (χ2n) is 6.64. The van der Waals surface area contributed by atoms with E-state index in [1.807, 2.05) is 49.4 Å². The van der Waals surface area contributed by atoms with E-state index in [4.69, 9.17) is 9.47 Å². The molecule has 2 heterocycles. The van der Waals surface area contributed by atoms with E-state index in [0.717, 1.165) is 28.3 Å².